The number of nitro benzene ring substituents is 1. The van der Waals surface area contributed by atoms with Crippen molar-refractivity contribution in [3.8, 4) is 5.75 Å². The predicted molar refractivity (Wildman–Crippen MR) is 61.7 cm³/mol. The minimum absolute atomic E-state index is 0.159. The van der Waals surface area contributed by atoms with Crippen molar-refractivity contribution in [1.82, 2.24) is 10.2 Å². The van der Waals surface area contributed by atoms with Crippen molar-refractivity contribution in [2.24, 2.45) is 0 Å². The van der Waals surface area contributed by atoms with Crippen LogP contribution in [0.25, 0.3) is 0 Å². The number of nitrogens with zero attached hydrogens (tertiary/aromatic N) is 3. The molecule has 2 rings (SSSR count). The molecule has 0 saturated carbocycles. The third-order valence-electron chi connectivity index (χ3n) is 2.20. The number of aromatic hydroxyl groups is 1. The Labute approximate surface area is 106 Å². The van der Waals surface area contributed by atoms with Crippen molar-refractivity contribution in [2.45, 2.75) is 6.92 Å². The maximum Gasteiger partial charge on any atom is 0.322 e. The standard InChI is InChI=1S/C10H8N4O5/c1-5-12-13-10(19-5)11-9(16)6-3-2-4-7(8(6)15)14(17)18/h2-4,15H,1H3,(H,11,13,16). The Morgan fingerprint density at radius 1 is 1.47 bits per heavy atom. The first kappa shape index (κ1) is 12.5. The highest BCUT2D eigenvalue weighted by atomic mass is 16.6. The molecule has 0 aliphatic rings. The van der Waals surface area contributed by atoms with Gasteiger partial charge in [0.15, 0.2) is 0 Å². The van der Waals surface area contributed by atoms with Crippen LogP contribution in [-0.2, 0) is 0 Å². The maximum absolute atomic E-state index is 11.8. The average Bonchev–Trinajstić information content (AvgIpc) is 2.74. The number of aryl methyl sites for hydroxylation is 1. The van der Waals surface area contributed by atoms with Gasteiger partial charge in [0.2, 0.25) is 11.6 Å². The van der Waals surface area contributed by atoms with Crippen LogP contribution in [0.5, 0.6) is 5.75 Å². The summed E-state index contributed by atoms with van der Waals surface area (Å²) in [5.74, 6) is -1.26. The SMILES string of the molecule is Cc1nnc(NC(=O)c2cccc([N+](=O)[O-])c2O)o1. The number of para-hydroxylation sites is 1. The number of aromatic nitrogens is 2. The Hall–Kier alpha value is -2.97. The Balaban J connectivity index is 2.29. The normalized spacial score (nSPS) is 10.2. The zero-order chi connectivity index (χ0) is 14.0. The topological polar surface area (TPSA) is 131 Å². The predicted octanol–water partition coefficient (Wildman–Crippen LogP) is 1.24. The Bertz CT molecular complexity index is 651. The molecule has 98 valence electrons. The molecule has 0 spiro atoms. The first-order chi connectivity index (χ1) is 8.99. The number of nitro groups is 1. The monoisotopic (exact) mass is 264 g/mol. The smallest absolute Gasteiger partial charge is 0.322 e. The van der Waals surface area contributed by atoms with Crippen LogP contribution in [0, 0.1) is 17.0 Å². The number of hydrogen-bond acceptors (Lipinski definition) is 7. The summed E-state index contributed by atoms with van der Waals surface area (Å²) < 4.78 is 4.92. The van der Waals surface area contributed by atoms with Gasteiger partial charge in [-0.2, -0.15) is 0 Å². The average molecular weight is 264 g/mol. The van der Waals surface area contributed by atoms with Gasteiger partial charge in [0.25, 0.3) is 5.91 Å². The second-order valence-electron chi connectivity index (χ2n) is 3.51. The number of benzene rings is 1. The molecular weight excluding hydrogens is 256 g/mol. The highest BCUT2D eigenvalue weighted by Gasteiger charge is 2.21. The Morgan fingerprint density at radius 3 is 2.79 bits per heavy atom. The molecule has 0 fully saturated rings. The quantitative estimate of drug-likeness (QED) is 0.629. The van der Waals surface area contributed by atoms with Crippen molar-refractivity contribution in [3.63, 3.8) is 0 Å². The second kappa shape index (κ2) is 4.72. The van der Waals surface area contributed by atoms with Gasteiger partial charge in [-0.25, -0.2) is 0 Å². The molecule has 0 bridgehead atoms. The van der Waals surface area contributed by atoms with E-state index in [4.69, 9.17) is 4.42 Å². The summed E-state index contributed by atoms with van der Waals surface area (Å²) in [5, 5.41) is 29.5. The maximum atomic E-state index is 11.8. The van der Waals surface area contributed by atoms with E-state index in [1.54, 1.807) is 0 Å². The van der Waals surface area contributed by atoms with Gasteiger partial charge in [0, 0.05) is 13.0 Å². The summed E-state index contributed by atoms with van der Waals surface area (Å²) in [5.41, 5.74) is -0.820. The van der Waals surface area contributed by atoms with Gasteiger partial charge in [0.05, 0.1) is 10.5 Å². The lowest BCUT2D eigenvalue weighted by Gasteiger charge is -2.03. The lowest BCUT2D eigenvalue weighted by molar-refractivity contribution is -0.385. The summed E-state index contributed by atoms with van der Waals surface area (Å²) in [7, 11) is 0. The Morgan fingerprint density at radius 2 is 2.21 bits per heavy atom. The van der Waals surface area contributed by atoms with Crippen molar-refractivity contribution >= 4 is 17.6 Å². The first-order valence-corrected chi connectivity index (χ1v) is 5.07. The third kappa shape index (κ3) is 2.49. The van der Waals surface area contributed by atoms with Crippen molar-refractivity contribution < 1.29 is 19.2 Å². The summed E-state index contributed by atoms with van der Waals surface area (Å²) in [4.78, 5) is 21.6. The van der Waals surface area contributed by atoms with E-state index in [-0.39, 0.29) is 17.5 Å². The zero-order valence-electron chi connectivity index (χ0n) is 9.65. The molecule has 0 unspecified atom stereocenters. The van der Waals surface area contributed by atoms with E-state index < -0.39 is 22.3 Å². The molecule has 1 amide bonds. The Kier molecular flexibility index (Phi) is 3.10. The molecule has 9 heteroatoms. The summed E-state index contributed by atoms with van der Waals surface area (Å²) in [6.07, 6.45) is 0. The van der Waals surface area contributed by atoms with Crippen LogP contribution in [0.15, 0.2) is 22.6 Å². The molecule has 1 heterocycles. The number of hydrogen-bond donors (Lipinski definition) is 2. The number of nitrogens with one attached hydrogen (secondary N) is 1. The summed E-state index contributed by atoms with van der Waals surface area (Å²) >= 11 is 0. The lowest BCUT2D eigenvalue weighted by Crippen LogP contribution is -2.12. The largest absolute Gasteiger partial charge is 0.502 e. The number of carbonyl (C=O) groups excluding carboxylic acids is 1. The number of carbonyl (C=O) groups is 1. The van der Waals surface area contributed by atoms with E-state index >= 15 is 0 Å². The zero-order valence-corrected chi connectivity index (χ0v) is 9.65. The van der Waals surface area contributed by atoms with Crippen LogP contribution in [0.1, 0.15) is 16.2 Å². The highest BCUT2D eigenvalue weighted by Crippen LogP contribution is 2.29. The fourth-order valence-electron chi connectivity index (χ4n) is 1.37. The fraction of sp³-hybridized carbons (Fsp3) is 0.100. The van der Waals surface area contributed by atoms with Gasteiger partial charge in [0.1, 0.15) is 0 Å². The lowest BCUT2D eigenvalue weighted by atomic mass is 10.1. The van der Waals surface area contributed by atoms with Crippen LogP contribution >= 0.6 is 0 Å². The number of phenols is 1. The van der Waals surface area contributed by atoms with Crippen LogP contribution in [-0.4, -0.2) is 26.1 Å². The molecule has 0 aliphatic heterocycles. The molecule has 2 aromatic rings. The minimum atomic E-state index is -0.789. The molecule has 0 saturated heterocycles. The van der Waals surface area contributed by atoms with Gasteiger partial charge < -0.3 is 9.52 Å². The molecular formula is C10H8N4O5. The molecule has 2 N–H and O–H groups in total. The van der Waals surface area contributed by atoms with E-state index in [9.17, 15) is 20.0 Å². The molecule has 0 atom stereocenters. The van der Waals surface area contributed by atoms with E-state index in [2.05, 4.69) is 15.5 Å². The molecule has 19 heavy (non-hydrogen) atoms. The molecule has 9 nitrogen and oxygen atoms in total. The number of rotatable bonds is 3. The van der Waals surface area contributed by atoms with Gasteiger partial charge in [-0.15, -0.1) is 5.10 Å². The fourth-order valence-corrected chi connectivity index (χ4v) is 1.37. The molecule has 0 aliphatic carbocycles. The number of amides is 1. The van der Waals surface area contributed by atoms with Crippen LogP contribution in [0.2, 0.25) is 0 Å². The van der Waals surface area contributed by atoms with Crippen molar-refractivity contribution in [1.29, 1.82) is 0 Å². The highest BCUT2D eigenvalue weighted by molar-refractivity contribution is 6.05. The van der Waals surface area contributed by atoms with Crippen molar-refractivity contribution in [2.75, 3.05) is 5.32 Å². The van der Waals surface area contributed by atoms with Gasteiger partial charge >= 0.3 is 11.7 Å². The number of phenolic OH excluding ortho intramolecular Hbond substituents is 1. The number of anilines is 1. The van der Waals surface area contributed by atoms with Gasteiger partial charge in [-0.3, -0.25) is 20.2 Å². The molecule has 1 aromatic carbocycles. The molecule has 1 aromatic heterocycles. The summed E-state index contributed by atoms with van der Waals surface area (Å²) in [6, 6.07) is 3.45. The van der Waals surface area contributed by atoms with Gasteiger partial charge in [-0.05, 0) is 6.07 Å². The van der Waals surface area contributed by atoms with Gasteiger partial charge in [-0.1, -0.05) is 11.2 Å². The van der Waals surface area contributed by atoms with E-state index in [0.717, 1.165) is 6.07 Å². The molecule has 0 radical (unpaired) electrons. The van der Waals surface area contributed by atoms with E-state index in [1.165, 1.54) is 19.1 Å². The van der Waals surface area contributed by atoms with Crippen molar-refractivity contribution in [3.05, 3.63) is 39.8 Å². The second-order valence-corrected chi connectivity index (χ2v) is 3.51. The van der Waals surface area contributed by atoms with Crippen LogP contribution < -0.4 is 5.32 Å². The van der Waals surface area contributed by atoms with E-state index in [0.29, 0.717) is 0 Å². The van der Waals surface area contributed by atoms with E-state index in [1.807, 2.05) is 0 Å². The van der Waals surface area contributed by atoms with Crippen LogP contribution in [0.4, 0.5) is 11.7 Å². The third-order valence-corrected chi connectivity index (χ3v) is 2.20. The minimum Gasteiger partial charge on any atom is -0.502 e. The van der Waals surface area contributed by atoms with Crippen LogP contribution in [0.3, 0.4) is 0 Å². The first-order valence-electron chi connectivity index (χ1n) is 5.07. The summed E-state index contributed by atoms with van der Waals surface area (Å²) in [6.45, 7) is 1.54.